The van der Waals surface area contributed by atoms with Gasteiger partial charge >= 0.3 is 0 Å². The molecule has 0 amide bonds. The van der Waals surface area contributed by atoms with Gasteiger partial charge < -0.3 is 15.4 Å². The Bertz CT molecular complexity index is 148. The number of methoxy groups -OCH3 is 1. The fourth-order valence-electron chi connectivity index (χ4n) is 1.23. The third-order valence-corrected chi connectivity index (χ3v) is 2.96. The molecule has 0 aromatic rings. The van der Waals surface area contributed by atoms with Crippen molar-refractivity contribution in [2.75, 3.05) is 27.2 Å². The molecule has 0 radical (unpaired) electrons. The predicted octanol–water partition coefficient (Wildman–Crippen LogP) is 1.47. The maximum Gasteiger partial charge on any atom is 0.0634 e. The third-order valence-electron chi connectivity index (χ3n) is 2.96. The van der Waals surface area contributed by atoms with E-state index in [1.165, 1.54) is 0 Å². The first kappa shape index (κ1) is 13.9. The van der Waals surface area contributed by atoms with Gasteiger partial charge in [0.25, 0.3) is 0 Å². The molecular formula is C11H26N2O. The molecule has 0 fully saturated rings. The predicted molar refractivity (Wildman–Crippen MR) is 61.5 cm³/mol. The van der Waals surface area contributed by atoms with Crippen LogP contribution in [0, 0.1) is 0 Å². The molecule has 0 saturated heterocycles. The molecule has 1 unspecified atom stereocenters. The molecule has 0 aromatic carbocycles. The van der Waals surface area contributed by atoms with E-state index in [9.17, 15) is 0 Å². The zero-order chi connectivity index (χ0) is 11.2. The van der Waals surface area contributed by atoms with E-state index in [4.69, 9.17) is 10.5 Å². The molecule has 3 heteroatoms. The Labute approximate surface area is 88.6 Å². The van der Waals surface area contributed by atoms with Gasteiger partial charge in [0, 0.05) is 19.7 Å². The molecule has 1 atom stereocenters. The number of ether oxygens (including phenoxy) is 1. The summed E-state index contributed by atoms with van der Waals surface area (Å²) in [6.07, 6.45) is 2.11. The van der Waals surface area contributed by atoms with E-state index in [0.29, 0.717) is 6.04 Å². The van der Waals surface area contributed by atoms with Crippen LogP contribution in [0.5, 0.6) is 0 Å². The van der Waals surface area contributed by atoms with Crippen molar-refractivity contribution in [1.82, 2.24) is 4.90 Å². The molecule has 0 aliphatic carbocycles. The van der Waals surface area contributed by atoms with Gasteiger partial charge in [0.15, 0.2) is 0 Å². The fraction of sp³-hybridized carbons (Fsp3) is 1.00. The molecule has 0 rings (SSSR count). The molecule has 0 bridgehead atoms. The normalized spacial score (nSPS) is 14.8. The van der Waals surface area contributed by atoms with E-state index in [1.54, 1.807) is 7.11 Å². The minimum absolute atomic E-state index is 0.0172. The van der Waals surface area contributed by atoms with Crippen molar-refractivity contribution >= 4 is 0 Å². The van der Waals surface area contributed by atoms with Crippen LogP contribution in [0.25, 0.3) is 0 Å². The van der Waals surface area contributed by atoms with E-state index < -0.39 is 0 Å². The largest absolute Gasteiger partial charge is 0.379 e. The molecule has 14 heavy (non-hydrogen) atoms. The van der Waals surface area contributed by atoms with E-state index >= 15 is 0 Å². The highest BCUT2D eigenvalue weighted by Crippen LogP contribution is 2.14. The van der Waals surface area contributed by atoms with Crippen LogP contribution in [-0.4, -0.2) is 43.8 Å². The maximum absolute atomic E-state index is 5.52. The quantitative estimate of drug-likeness (QED) is 0.679. The van der Waals surface area contributed by atoms with Gasteiger partial charge in [-0.3, -0.25) is 0 Å². The molecule has 86 valence electrons. The topological polar surface area (TPSA) is 38.5 Å². The Morgan fingerprint density at radius 1 is 1.43 bits per heavy atom. The lowest BCUT2D eigenvalue weighted by Crippen LogP contribution is -2.36. The van der Waals surface area contributed by atoms with E-state index in [-0.39, 0.29) is 5.60 Å². The summed E-state index contributed by atoms with van der Waals surface area (Å²) in [5.74, 6) is 0. The summed E-state index contributed by atoms with van der Waals surface area (Å²) in [4.78, 5) is 2.34. The van der Waals surface area contributed by atoms with Gasteiger partial charge in [0.05, 0.1) is 5.60 Å². The average Bonchev–Trinajstić information content (AvgIpc) is 2.15. The highest BCUT2D eigenvalue weighted by molar-refractivity contribution is 4.72. The van der Waals surface area contributed by atoms with Crippen molar-refractivity contribution < 1.29 is 4.74 Å². The summed E-state index contributed by atoms with van der Waals surface area (Å²) in [5.41, 5.74) is 5.51. The van der Waals surface area contributed by atoms with Gasteiger partial charge in [-0.15, -0.1) is 0 Å². The molecular weight excluding hydrogens is 176 g/mol. The number of nitrogens with two attached hydrogens (primary N) is 1. The Hall–Kier alpha value is -0.120. The maximum atomic E-state index is 5.52. The summed E-state index contributed by atoms with van der Waals surface area (Å²) < 4.78 is 5.38. The van der Waals surface area contributed by atoms with E-state index in [2.05, 4.69) is 32.7 Å². The highest BCUT2D eigenvalue weighted by atomic mass is 16.5. The van der Waals surface area contributed by atoms with Gasteiger partial charge in [0.1, 0.15) is 0 Å². The molecule has 0 spiro atoms. The first-order valence-electron chi connectivity index (χ1n) is 5.38. The Balaban J connectivity index is 3.77. The average molecular weight is 202 g/mol. The highest BCUT2D eigenvalue weighted by Gasteiger charge is 2.18. The standard InChI is InChI=1S/C11H26N2O/c1-10(6-8-12)13(4)9-7-11(2,3)14-5/h10H,6-9,12H2,1-5H3. The first-order valence-corrected chi connectivity index (χ1v) is 5.38. The number of rotatable bonds is 7. The third kappa shape index (κ3) is 5.58. The molecule has 0 heterocycles. The minimum atomic E-state index is -0.0172. The van der Waals surface area contributed by atoms with Crippen LogP contribution in [-0.2, 0) is 4.74 Å². The van der Waals surface area contributed by atoms with Crippen LogP contribution < -0.4 is 5.73 Å². The molecule has 0 aromatic heterocycles. The molecule has 2 N–H and O–H groups in total. The lowest BCUT2D eigenvalue weighted by Gasteiger charge is -2.29. The van der Waals surface area contributed by atoms with Crippen LogP contribution in [0.15, 0.2) is 0 Å². The zero-order valence-electron chi connectivity index (χ0n) is 10.3. The first-order chi connectivity index (χ1) is 6.43. The van der Waals surface area contributed by atoms with Crippen molar-refractivity contribution in [3.8, 4) is 0 Å². The molecule has 0 aliphatic heterocycles. The van der Waals surface area contributed by atoms with Crippen LogP contribution in [0.2, 0.25) is 0 Å². The van der Waals surface area contributed by atoms with Gasteiger partial charge in [-0.05, 0) is 47.2 Å². The molecule has 0 saturated carbocycles. The van der Waals surface area contributed by atoms with Crippen LogP contribution in [0.1, 0.15) is 33.6 Å². The lowest BCUT2D eigenvalue weighted by molar-refractivity contribution is 0.00672. The number of hydrogen-bond donors (Lipinski definition) is 1. The second kappa shape index (κ2) is 6.38. The van der Waals surface area contributed by atoms with Gasteiger partial charge in [0.2, 0.25) is 0 Å². The minimum Gasteiger partial charge on any atom is -0.379 e. The molecule has 0 aliphatic rings. The Morgan fingerprint density at radius 3 is 2.43 bits per heavy atom. The zero-order valence-corrected chi connectivity index (χ0v) is 10.3. The summed E-state index contributed by atoms with van der Waals surface area (Å²) in [6, 6.07) is 0.563. The summed E-state index contributed by atoms with van der Waals surface area (Å²) >= 11 is 0. The van der Waals surface area contributed by atoms with Crippen molar-refractivity contribution in [3.05, 3.63) is 0 Å². The lowest BCUT2D eigenvalue weighted by atomic mass is 10.0. The van der Waals surface area contributed by atoms with Crippen LogP contribution >= 0.6 is 0 Å². The van der Waals surface area contributed by atoms with Crippen molar-refractivity contribution in [1.29, 1.82) is 0 Å². The Morgan fingerprint density at radius 2 is 2.00 bits per heavy atom. The van der Waals surface area contributed by atoms with E-state index in [1.807, 2.05) is 0 Å². The summed E-state index contributed by atoms with van der Waals surface area (Å²) in [5, 5.41) is 0. The van der Waals surface area contributed by atoms with E-state index in [0.717, 1.165) is 25.9 Å². The smallest absolute Gasteiger partial charge is 0.0634 e. The number of nitrogens with zero attached hydrogens (tertiary/aromatic N) is 1. The second-order valence-corrected chi connectivity index (χ2v) is 4.62. The summed E-state index contributed by atoms with van der Waals surface area (Å²) in [6.45, 7) is 8.27. The number of hydrogen-bond acceptors (Lipinski definition) is 3. The van der Waals surface area contributed by atoms with Crippen molar-refractivity contribution in [2.45, 2.75) is 45.3 Å². The van der Waals surface area contributed by atoms with Crippen molar-refractivity contribution in [3.63, 3.8) is 0 Å². The summed E-state index contributed by atoms with van der Waals surface area (Å²) in [7, 11) is 3.91. The second-order valence-electron chi connectivity index (χ2n) is 4.62. The molecule has 3 nitrogen and oxygen atoms in total. The SMILES string of the molecule is COC(C)(C)CCN(C)C(C)CCN. The Kier molecular flexibility index (Phi) is 6.33. The van der Waals surface area contributed by atoms with Crippen LogP contribution in [0.4, 0.5) is 0 Å². The van der Waals surface area contributed by atoms with Crippen molar-refractivity contribution in [2.24, 2.45) is 5.73 Å². The van der Waals surface area contributed by atoms with Gasteiger partial charge in [-0.2, -0.15) is 0 Å². The van der Waals surface area contributed by atoms with Crippen LogP contribution in [0.3, 0.4) is 0 Å². The van der Waals surface area contributed by atoms with Gasteiger partial charge in [-0.25, -0.2) is 0 Å². The van der Waals surface area contributed by atoms with Gasteiger partial charge in [-0.1, -0.05) is 0 Å². The fourth-order valence-corrected chi connectivity index (χ4v) is 1.23. The monoisotopic (exact) mass is 202 g/mol.